The number of aryl methyl sites for hydroxylation is 1. The molecule has 0 aliphatic heterocycles. The molecule has 0 aliphatic rings. The Labute approximate surface area is 120 Å². The van der Waals surface area contributed by atoms with Gasteiger partial charge in [-0.25, -0.2) is 8.42 Å². The number of H-pyrrole nitrogens is 1. The third kappa shape index (κ3) is 3.38. The van der Waals surface area contributed by atoms with Gasteiger partial charge in [0, 0.05) is 19.7 Å². The number of nitrogens with zero attached hydrogens (tertiary/aromatic N) is 2. The third-order valence-corrected chi connectivity index (χ3v) is 5.49. The number of ether oxygens (including phenoxy) is 1. The summed E-state index contributed by atoms with van der Waals surface area (Å²) in [4.78, 5) is 0.0661. The van der Waals surface area contributed by atoms with E-state index in [-0.39, 0.29) is 23.2 Å². The molecule has 1 aromatic rings. The molecule has 0 spiro atoms. The zero-order valence-electron chi connectivity index (χ0n) is 12.4. The molecule has 8 heteroatoms. The summed E-state index contributed by atoms with van der Waals surface area (Å²) < 4.78 is 32.0. The maximum atomic E-state index is 12.8. The fourth-order valence-corrected chi connectivity index (χ4v) is 4.01. The topological polar surface area (TPSA) is 95.5 Å². The Bertz CT molecular complexity index is 527. The van der Waals surface area contributed by atoms with Crippen LogP contribution < -0.4 is 0 Å². The van der Waals surface area contributed by atoms with Gasteiger partial charge in [-0.05, 0) is 20.3 Å². The summed E-state index contributed by atoms with van der Waals surface area (Å²) in [5, 5.41) is 15.7. The normalized spacial score (nSPS) is 13.9. The second-order valence-corrected chi connectivity index (χ2v) is 6.48. The van der Waals surface area contributed by atoms with Crippen molar-refractivity contribution in [2.75, 3.05) is 20.3 Å². The number of sulfonamides is 1. The first kappa shape index (κ1) is 17.1. The van der Waals surface area contributed by atoms with Gasteiger partial charge >= 0.3 is 0 Å². The lowest BCUT2D eigenvalue weighted by atomic mass is 10.3. The SMILES string of the molecule is CCC(C)N(CCOC)S(=O)(=O)c1c(CO)n[nH]c1C. The van der Waals surface area contributed by atoms with Crippen LogP contribution >= 0.6 is 0 Å². The smallest absolute Gasteiger partial charge is 0.247 e. The largest absolute Gasteiger partial charge is 0.390 e. The van der Waals surface area contributed by atoms with E-state index in [1.165, 1.54) is 11.4 Å². The van der Waals surface area contributed by atoms with Crippen molar-refractivity contribution >= 4 is 10.0 Å². The lowest BCUT2D eigenvalue weighted by molar-refractivity contribution is 0.167. The van der Waals surface area contributed by atoms with Crippen LogP contribution in [-0.2, 0) is 21.4 Å². The van der Waals surface area contributed by atoms with Crippen LogP contribution in [0.15, 0.2) is 4.90 Å². The van der Waals surface area contributed by atoms with E-state index in [9.17, 15) is 13.5 Å². The van der Waals surface area contributed by atoms with Gasteiger partial charge in [0.15, 0.2) is 0 Å². The number of aliphatic hydroxyl groups is 1. The van der Waals surface area contributed by atoms with Crippen LogP contribution in [0.25, 0.3) is 0 Å². The van der Waals surface area contributed by atoms with Crippen molar-refractivity contribution in [3.63, 3.8) is 0 Å². The van der Waals surface area contributed by atoms with E-state index in [4.69, 9.17) is 4.74 Å². The van der Waals surface area contributed by atoms with Gasteiger partial charge in [0.2, 0.25) is 10.0 Å². The highest BCUT2D eigenvalue weighted by atomic mass is 32.2. The molecule has 1 rings (SSSR count). The zero-order chi connectivity index (χ0) is 15.3. The zero-order valence-corrected chi connectivity index (χ0v) is 13.2. The molecule has 1 heterocycles. The number of nitrogens with one attached hydrogen (secondary N) is 1. The van der Waals surface area contributed by atoms with Gasteiger partial charge in [-0.3, -0.25) is 5.10 Å². The maximum absolute atomic E-state index is 12.8. The summed E-state index contributed by atoms with van der Waals surface area (Å²) in [5.74, 6) is 0. The lowest BCUT2D eigenvalue weighted by Crippen LogP contribution is -2.40. The second kappa shape index (κ2) is 7.16. The Morgan fingerprint density at radius 2 is 2.15 bits per heavy atom. The van der Waals surface area contributed by atoms with Gasteiger partial charge in [0.1, 0.15) is 10.6 Å². The van der Waals surface area contributed by atoms with Crippen LogP contribution in [0, 0.1) is 6.92 Å². The molecule has 7 nitrogen and oxygen atoms in total. The maximum Gasteiger partial charge on any atom is 0.247 e. The van der Waals surface area contributed by atoms with Crippen molar-refractivity contribution < 1.29 is 18.3 Å². The fourth-order valence-electron chi connectivity index (χ4n) is 2.00. The van der Waals surface area contributed by atoms with Crippen LogP contribution in [0.5, 0.6) is 0 Å². The molecule has 0 radical (unpaired) electrons. The van der Waals surface area contributed by atoms with Crippen LogP contribution in [0.2, 0.25) is 0 Å². The monoisotopic (exact) mass is 305 g/mol. The molecule has 0 aliphatic carbocycles. The third-order valence-electron chi connectivity index (χ3n) is 3.28. The van der Waals surface area contributed by atoms with Crippen LogP contribution in [0.4, 0.5) is 0 Å². The highest BCUT2D eigenvalue weighted by Gasteiger charge is 2.32. The van der Waals surface area contributed by atoms with E-state index >= 15 is 0 Å². The fraction of sp³-hybridized carbons (Fsp3) is 0.750. The standard InChI is InChI=1S/C12H23N3O4S/c1-5-9(2)15(6-7-19-4)20(17,18)12-10(3)13-14-11(12)8-16/h9,16H,5-8H2,1-4H3,(H,13,14). The number of aromatic amines is 1. The Morgan fingerprint density at radius 3 is 2.65 bits per heavy atom. The molecule has 116 valence electrons. The molecule has 0 aromatic carbocycles. The first-order valence-corrected chi connectivity index (χ1v) is 7.99. The van der Waals surface area contributed by atoms with Gasteiger partial charge in [-0.1, -0.05) is 6.92 Å². The Balaban J connectivity index is 3.25. The molecule has 0 amide bonds. The molecule has 0 saturated carbocycles. The first-order valence-electron chi connectivity index (χ1n) is 6.55. The minimum Gasteiger partial charge on any atom is -0.390 e. The first-order chi connectivity index (χ1) is 9.39. The summed E-state index contributed by atoms with van der Waals surface area (Å²) in [5.41, 5.74) is 0.577. The van der Waals surface area contributed by atoms with Crippen LogP contribution in [0.3, 0.4) is 0 Å². The van der Waals surface area contributed by atoms with Crippen LogP contribution in [-0.4, -0.2) is 54.3 Å². The molecule has 1 unspecified atom stereocenters. The average Bonchev–Trinajstić information content (AvgIpc) is 2.80. The van der Waals surface area contributed by atoms with Crippen molar-refractivity contribution in [1.82, 2.24) is 14.5 Å². The summed E-state index contributed by atoms with van der Waals surface area (Å²) in [6, 6.07) is -0.156. The van der Waals surface area contributed by atoms with Gasteiger partial charge in [0.25, 0.3) is 0 Å². The van der Waals surface area contributed by atoms with Crippen molar-refractivity contribution in [3.8, 4) is 0 Å². The molecule has 0 fully saturated rings. The van der Waals surface area contributed by atoms with Gasteiger partial charge in [-0.2, -0.15) is 9.40 Å². The van der Waals surface area contributed by atoms with Crippen molar-refractivity contribution in [2.24, 2.45) is 0 Å². The van der Waals surface area contributed by atoms with Gasteiger partial charge < -0.3 is 9.84 Å². The highest BCUT2D eigenvalue weighted by molar-refractivity contribution is 7.89. The predicted octanol–water partition coefficient (Wildman–Crippen LogP) is 0.646. The number of rotatable bonds is 8. The second-order valence-electron chi connectivity index (χ2n) is 4.65. The highest BCUT2D eigenvalue weighted by Crippen LogP contribution is 2.24. The lowest BCUT2D eigenvalue weighted by Gasteiger charge is -2.27. The number of hydrogen-bond acceptors (Lipinski definition) is 5. The van der Waals surface area contributed by atoms with E-state index in [2.05, 4.69) is 10.2 Å². The molecule has 1 atom stereocenters. The summed E-state index contributed by atoms with van der Waals surface area (Å²) >= 11 is 0. The minimum atomic E-state index is -3.72. The Hall–Kier alpha value is -0.960. The van der Waals surface area contributed by atoms with Gasteiger partial charge in [0.05, 0.1) is 18.9 Å². The Morgan fingerprint density at radius 1 is 1.50 bits per heavy atom. The summed E-state index contributed by atoms with van der Waals surface area (Å²) in [7, 11) is -2.18. The number of hydrogen-bond donors (Lipinski definition) is 2. The number of aliphatic hydroxyl groups excluding tert-OH is 1. The average molecular weight is 305 g/mol. The van der Waals surface area contributed by atoms with Crippen molar-refractivity contribution in [2.45, 2.75) is 44.7 Å². The van der Waals surface area contributed by atoms with E-state index in [0.29, 0.717) is 18.7 Å². The number of aromatic nitrogens is 2. The van der Waals surface area contributed by atoms with E-state index in [1.54, 1.807) is 6.92 Å². The Kier molecular flexibility index (Phi) is 6.12. The number of methoxy groups -OCH3 is 1. The van der Waals surface area contributed by atoms with E-state index in [0.717, 1.165) is 0 Å². The van der Waals surface area contributed by atoms with Crippen LogP contribution in [0.1, 0.15) is 31.7 Å². The van der Waals surface area contributed by atoms with Crippen molar-refractivity contribution in [3.05, 3.63) is 11.4 Å². The minimum absolute atomic E-state index is 0.0661. The molecule has 0 bridgehead atoms. The van der Waals surface area contributed by atoms with E-state index in [1.807, 2.05) is 13.8 Å². The van der Waals surface area contributed by atoms with E-state index < -0.39 is 16.6 Å². The van der Waals surface area contributed by atoms with Gasteiger partial charge in [-0.15, -0.1) is 0 Å². The molecule has 2 N–H and O–H groups in total. The molecule has 20 heavy (non-hydrogen) atoms. The summed E-state index contributed by atoms with van der Waals surface area (Å²) in [6.07, 6.45) is 0.689. The molecular formula is C12H23N3O4S. The predicted molar refractivity (Wildman–Crippen MR) is 74.8 cm³/mol. The summed E-state index contributed by atoms with van der Waals surface area (Å²) in [6.45, 7) is 5.57. The molecule has 0 saturated heterocycles. The van der Waals surface area contributed by atoms with Crippen molar-refractivity contribution in [1.29, 1.82) is 0 Å². The quantitative estimate of drug-likeness (QED) is 0.735. The molecule has 1 aromatic heterocycles. The molecular weight excluding hydrogens is 282 g/mol.